The normalized spacial score (nSPS) is 11.6. The van der Waals surface area contributed by atoms with Gasteiger partial charge in [0.05, 0.1) is 4.90 Å². The molecule has 0 aromatic heterocycles. The van der Waals surface area contributed by atoms with Crippen molar-refractivity contribution in [2.45, 2.75) is 10.6 Å². The minimum atomic E-state index is -3.70. The molecule has 0 aliphatic heterocycles. The van der Waals surface area contributed by atoms with E-state index in [1.165, 1.54) is 30.0 Å². The van der Waals surface area contributed by atoms with Crippen molar-refractivity contribution in [3.8, 4) is 0 Å². The Morgan fingerprint density at radius 1 is 1.09 bits per heavy atom. The molecule has 0 amide bonds. The van der Waals surface area contributed by atoms with Gasteiger partial charge in [-0.3, -0.25) is 0 Å². The van der Waals surface area contributed by atoms with Gasteiger partial charge in [0, 0.05) is 28.1 Å². The molecular weight excluding hydrogens is 380 g/mol. The maximum atomic E-state index is 13.1. The maximum absolute atomic E-state index is 13.1. The zero-order valence-electron chi connectivity index (χ0n) is 11.9. The van der Waals surface area contributed by atoms with Crippen LogP contribution in [0.4, 0.5) is 4.39 Å². The number of sulfonamides is 1. The maximum Gasteiger partial charge on any atom is 0.240 e. The van der Waals surface area contributed by atoms with E-state index in [9.17, 15) is 12.8 Å². The summed E-state index contributed by atoms with van der Waals surface area (Å²) in [6.45, 7) is 0.228. The van der Waals surface area contributed by atoms with Crippen LogP contribution in [0.2, 0.25) is 10.0 Å². The Hall–Kier alpha value is -0.790. The fourth-order valence-corrected chi connectivity index (χ4v) is 4.60. The lowest BCUT2D eigenvalue weighted by Crippen LogP contribution is -2.26. The van der Waals surface area contributed by atoms with Crippen LogP contribution >= 0.6 is 35.0 Å². The molecule has 0 fully saturated rings. The molecule has 124 valence electrons. The SMILES string of the molecule is O=S(=O)(NCCSCc1c(Cl)cccc1Cl)c1cccc(F)c1. The van der Waals surface area contributed by atoms with Crippen LogP contribution in [-0.4, -0.2) is 20.7 Å². The van der Waals surface area contributed by atoms with Crippen molar-refractivity contribution in [2.75, 3.05) is 12.3 Å². The van der Waals surface area contributed by atoms with Gasteiger partial charge >= 0.3 is 0 Å². The van der Waals surface area contributed by atoms with Crippen molar-refractivity contribution in [2.24, 2.45) is 0 Å². The van der Waals surface area contributed by atoms with Gasteiger partial charge in [-0.1, -0.05) is 35.3 Å². The Morgan fingerprint density at radius 2 is 1.74 bits per heavy atom. The van der Waals surface area contributed by atoms with Gasteiger partial charge in [-0.25, -0.2) is 17.5 Å². The van der Waals surface area contributed by atoms with E-state index >= 15 is 0 Å². The van der Waals surface area contributed by atoms with Gasteiger partial charge in [0.2, 0.25) is 10.0 Å². The second kappa shape index (κ2) is 8.35. The number of halogens is 3. The van der Waals surface area contributed by atoms with Gasteiger partial charge in [-0.15, -0.1) is 0 Å². The molecule has 0 aliphatic rings. The molecular formula is C15H14Cl2FNO2S2. The van der Waals surface area contributed by atoms with E-state index in [0.717, 1.165) is 11.6 Å². The van der Waals surface area contributed by atoms with E-state index in [-0.39, 0.29) is 11.4 Å². The third kappa shape index (κ3) is 5.36. The highest BCUT2D eigenvalue weighted by Gasteiger charge is 2.13. The summed E-state index contributed by atoms with van der Waals surface area (Å²) in [7, 11) is -3.70. The van der Waals surface area contributed by atoms with Gasteiger partial charge in [-0.2, -0.15) is 11.8 Å². The summed E-state index contributed by atoms with van der Waals surface area (Å²) >= 11 is 13.6. The number of benzene rings is 2. The van der Waals surface area contributed by atoms with Gasteiger partial charge in [-0.05, 0) is 35.9 Å². The molecule has 0 radical (unpaired) electrons. The Kier molecular flexibility index (Phi) is 6.73. The number of hydrogen-bond acceptors (Lipinski definition) is 3. The molecule has 23 heavy (non-hydrogen) atoms. The summed E-state index contributed by atoms with van der Waals surface area (Å²) in [5, 5.41) is 1.18. The van der Waals surface area contributed by atoms with Crippen molar-refractivity contribution in [3.05, 3.63) is 63.9 Å². The Morgan fingerprint density at radius 3 is 2.39 bits per heavy atom. The van der Waals surface area contributed by atoms with Crippen LogP contribution in [0.5, 0.6) is 0 Å². The van der Waals surface area contributed by atoms with E-state index in [4.69, 9.17) is 23.2 Å². The largest absolute Gasteiger partial charge is 0.240 e. The predicted octanol–water partition coefficient (Wildman–Crippen LogP) is 4.34. The number of nitrogens with one attached hydrogen (secondary N) is 1. The average Bonchev–Trinajstić information content (AvgIpc) is 2.49. The second-order valence-corrected chi connectivity index (χ2v) is 8.29. The third-order valence-electron chi connectivity index (χ3n) is 2.95. The van der Waals surface area contributed by atoms with E-state index in [2.05, 4.69) is 4.72 Å². The molecule has 8 heteroatoms. The molecule has 0 aliphatic carbocycles. The minimum Gasteiger partial charge on any atom is -0.210 e. The third-order valence-corrected chi connectivity index (χ3v) is 6.11. The molecule has 2 aromatic rings. The van der Waals surface area contributed by atoms with Gasteiger partial charge < -0.3 is 0 Å². The summed E-state index contributed by atoms with van der Waals surface area (Å²) in [4.78, 5) is -0.0864. The van der Waals surface area contributed by atoms with Crippen molar-refractivity contribution < 1.29 is 12.8 Å². The van der Waals surface area contributed by atoms with Crippen LogP contribution in [0.3, 0.4) is 0 Å². The number of thioether (sulfide) groups is 1. The van der Waals surface area contributed by atoms with Crippen molar-refractivity contribution in [3.63, 3.8) is 0 Å². The molecule has 0 atom stereocenters. The zero-order chi connectivity index (χ0) is 16.9. The zero-order valence-corrected chi connectivity index (χ0v) is 15.1. The fourth-order valence-electron chi connectivity index (χ4n) is 1.81. The lowest BCUT2D eigenvalue weighted by molar-refractivity contribution is 0.580. The lowest BCUT2D eigenvalue weighted by Gasteiger charge is -2.08. The van der Waals surface area contributed by atoms with Crippen LogP contribution in [0.15, 0.2) is 47.4 Å². The van der Waals surface area contributed by atoms with Gasteiger partial charge in [0.1, 0.15) is 5.82 Å². The molecule has 2 aromatic carbocycles. The Labute approximate surface area is 149 Å². The first-order chi connectivity index (χ1) is 10.9. The monoisotopic (exact) mass is 393 g/mol. The quantitative estimate of drug-likeness (QED) is 0.711. The number of rotatable bonds is 7. The van der Waals surface area contributed by atoms with Crippen LogP contribution < -0.4 is 4.72 Å². The van der Waals surface area contributed by atoms with Crippen LogP contribution in [-0.2, 0) is 15.8 Å². The van der Waals surface area contributed by atoms with Crippen LogP contribution in [0.25, 0.3) is 0 Å². The van der Waals surface area contributed by atoms with E-state index in [1.807, 2.05) is 0 Å². The van der Waals surface area contributed by atoms with Crippen molar-refractivity contribution in [1.29, 1.82) is 0 Å². The molecule has 0 spiro atoms. The summed E-state index contributed by atoms with van der Waals surface area (Å²) in [5.41, 5.74) is 0.828. The molecule has 0 heterocycles. The summed E-state index contributed by atoms with van der Waals surface area (Å²) in [6, 6.07) is 10.2. The van der Waals surface area contributed by atoms with Gasteiger partial charge in [0.25, 0.3) is 0 Å². The second-order valence-electron chi connectivity index (χ2n) is 4.61. The molecule has 0 saturated carbocycles. The van der Waals surface area contributed by atoms with E-state index in [0.29, 0.717) is 21.6 Å². The Balaban J connectivity index is 1.84. The molecule has 2 rings (SSSR count). The van der Waals surface area contributed by atoms with Gasteiger partial charge in [0.15, 0.2) is 0 Å². The van der Waals surface area contributed by atoms with Crippen molar-refractivity contribution in [1.82, 2.24) is 4.72 Å². The Bertz CT molecular complexity index is 765. The topological polar surface area (TPSA) is 46.2 Å². The minimum absolute atomic E-state index is 0.0864. The molecule has 0 unspecified atom stereocenters. The smallest absolute Gasteiger partial charge is 0.210 e. The van der Waals surface area contributed by atoms with Crippen molar-refractivity contribution >= 4 is 45.0 Å². The average molecular weight is 394 g/mol. The number of hydrogen-bond donors (Lipinski definition) is 1. The molecule has 0 saturated heterocycles. The van der Waals surface area contributed by atoms with Crippen LogP contribution in [0.1, 0.15) is 5.56 Å². The highest BCUT2D eigenvalue weighted by Crippen LogP contribution is 2.28. The highest BCUT2D eigenvalue weighted by molar-refractivity contribution is 7.98. The highest BCUT2D eigenvalue weighted by atomic mass is 35.5. The fraction of sp³-hybridized carbons (Fsp3) is 0.200. The summed E-state index contributed by atoms with van der Waals surface area (Å²) < 4.78 is 39.5. The molecule has 3 nitrogen and oxygen atoms in total. The lowest BCUT2D eigenvalue weighted by atomic mass is 10.2. The summed E-state index contributed by atoms with van der Waals surface area (Å²) in [6.07, 6.45) is 0. The van der Waals surface area contributed by atoms with Crippen LogP contribution in [0, 0.1) is 5.82 Å². The first-order valence-corrected chi connectivity index (χ1v) is 10.1. The molecule has 0 bridgehead atoms. The van der Waals surface area contributed by atoms with E-state index in [1.54, 1.807) is 18.2 Å². The first-order valence-electron chi connectivity index (χ1n) is 6.66. The van der Waals surface area contributed by atoms with E-state index < -0.39 is 15.8 Å². The predicted molar refractivity (Wildman–Crippen MR) is 94.2 cm³/mol. The molecule has 1 N–H and O–H groups in total. The standard InChI is InChI=1S/C15H14Cl2FNO2S2/c16-14-5-2-6-15(17)13(14)10-22-8-7-19-23(20,21)12-4-1-3-11(18)9-12/h1-6,9,19H,7-8,10H2. The first kappa shape index (κ1) is 18.5. The summed E-state index contributed by atoms with van der Waals surface area (Å²) in [5.74, 6) is 0.534.